The van der Waals surface area contributed by atoms with E-state index >= 15 is 0 Å². The van der Waals surface area contributed by atoms with Crippen LogP contribution in [-0.4, -0.2) is 18.8 Å². The molecule has 0 saturated carbocycles. The fourth-order valence-corrected chi connectivity index (χ4v) is 2.40. The molecule has 2 rings (SSSR count). The molecule has 0 atom stereocenters. The van der Waals surface area contributed by atoms with Gasteiger partial charge in [-0.2, -0.15) is 8.42 Å². The lowest BCUT2D eigenvalue weighted by molar-refractivity contribution is 0.0982. The average molecular weight is 290 g/mol. The number of carbonyl (C=O) groups is 1. The Kier molecular flexibility index (Phi) is 4.32. The van der Waals surface area contributed by atoms with Gasteiger partial charge in [0.1, 0.15) is 0 Å². The van der Waals surface area contributed by atoms with Gasteiger partial charge in [0.15, 0.2) is 5.78 Å². The number of hydrogen-bond acceptors (Lipinski definition) is 3. The van der Waals surface area contributed by atoms with E-state index in [4.69, 9.17) is 4.55 Å². The van der Waals surface area contributed by atoms with Crippen molar-refractivity contribution >= 4 is 15.9 Å². The predicted octanol–water partition coefficient (Wildman–Crippen LogP) is 2.75. The average Bonchev–Trinajstić information content (AvgIpc) is 2.45. The smallest absolute Gasteiger partial charge is 0.294 e. The Balaban J connectivity index is 2.10. The molecule has 0 unspecified atom stereocenters. The van der Waals surface area contributed by atoms with E-state index in [1.807, 2.05) is 30.3 Å². The van der Waals surface area contributed by atoms with Crippen LogP contribution in [0.5, 0.6) is 0 Å². The summed E-state index contributed by atoms with van der Waals surface area (Å²) in [5, 5.41) is 0. The molecule has 2 aromatic rings. The van der Waals surface area contributed by atoms with Crippen LogP contribution in [0.25, 0.3) is 0 Å². The van der Waals surface area contributed by atoms with Crippen LogP contribution in [0.2, 0.25) is 0 Å². The third-order valence-electron chi connectivity index (χ3n) is 2.94. The molecule has 0 radical (unpaired) electrons. The summed E-state index contributed by atoms with van der Waals surface area (Å²) in [5.41, 5.74) is 1.34. The van der Waals surface area contributed by atoms with Crippen molar-refractivity contribution in [3.63, 3.8) is 0 Å². The van der Waals surface area contributed by atoms with Gasteiger partial charge >= 0.3 is 0 Å². The Morgan fingerprint density at radius 1 is 1.00 bits per heavy atom. The van der Waals surface area contributed by atoms with Gasteiger partial charge in [0.25, 0.3) is 10.1 Å². The second kappa shape index (κ2) is 5.98. The SMILES string of the molecule is O=C(CCc1ccccc1)c1cccc(S(=O)(=O)O)c1. The number of ketones is 1. The van der Waals surface area contributed by atoms with E-state index in [9.17, 15) is 13.2 Å². The predicted molar refractivity (Wildman–Crippen MR) is 75.4 cm³/mol. The van der Waals surface area contributed by atoms with E-state index in [1.54, 1.807) is 6.07 Å². The third kappa shape index (κ3) is 3.76. The van der Waals surface area contributed by atoms with Crippen LogP contribution >= 0.6 is 0 Å². The van der Waals surface area contributed by atoms with E-state index in [2.05, 4.69) is 0 Å². The highest BCUT2D eigenvalue weighted by Crippen LogP contribution is 2.14. The first-order chi connectivity index (χ1) is 9.47. The van der Waals surface area contributed by atoms with E-state index in [-0.39, 0.29) is 16.2 Å². The Hall–Kier alpha value is -1.98. The van der Waals surface area contributed by atoms with Crippen molar-refractivity contribution in [1.82, 2.24) is 0 Å². The fraction of sp³-hybridized carbons (Fsp3) is 0.133. The van der Waals surface area contributed by atoms with Gasteiger partial charge in [0, 0.05) is 12.0 Å². The maximum Gasteiger partial charge on any atom is 0.294 e. The topological polar surface area (TPSA) is 71.4 Å². The molecule has 0 aliphatic carbocycles. The third-order valence-corrected chi connectivity index (χ3v) is 3.79. The Labute approximate surface area is 117 Å². The summed E-state index contributed by atoms with van der Waals surface area (Å²) in [7, 11) is -4.28. The summed E-state index contributed by atoms with van der Waals surface area (Å²) in [6.45, 7) is 0. The minimum atomic E-state index is -4.28. The molecule has 20 heavy (non-hydrogen) atoms. The minimum absolute atomic E-state index is 0.153. The monoisotopic (exact) mass is 290 g/mol. The van der Waals surface area contributed by atoms with E-state index < -0.39 is 10.1 Å². The van der Waals surface area contributed by atoms with Crippen molar-refractivity contribution in [2.75, 3.05) is 0 Å². The van der Waals surface area contributed by atoms with Crippen LogP contribution in [0.15, 0.2) is 59.5 Å². The van der Waals surface area contributed by atoms with Gasteiger partial charge in [-0.25, -0.2) is 0 Å². The molecule has 4 nitrogen and oxygen atoms in total. The number of carbonyl (C=O) groups excluding carboxylic acids is 1. The standard InChI is InChI=1S/C15H14O4S/c16-15(10-9-12-5-2-1-3-6-12)13-7-4-8-14(11-13)20(17,18)19/h1-8,11H,9-10H2,(H,17,18,19). The van der Waals surface area contributed by atoms with Gasteiger partial charge < -0.3 is 0 Å². The number of benzene rings is 2. The van der Waals surface area contributed by atoms with Crippen molar-refractivity contribution in [3.05, 3.63) is 65.7 Å². The molecule has 0 heterocycles. The second-order valence-corrected chi connectivity index (χ2v) is 5.83. The number of hydrogen-bond donors (Lipinski definition) is 1. The first kappa shape index (κ1) is 14.4. The minimum Gasteiger partial charge on any atom is -0.294 e. The zero-order valence-electron chi connectivity index (χ0n) is 10.7. The molecule has 0 spiro atoms. The lowest BCUT2D eigenvalue weighted by Crippen LogP contribution is -2.04. The van der Waals surface area contributed by atoms with E-state index in [0.29, 0.717) is 12.8 Å². The molecule has 0 aliphatic heterocycles. The van der Waals surface area contributed by atoms with Crippen molar-refractivity contribution < 1.29 is 17.8 Å². The highest BCUT2D eigenvalue weighted by molar-refractivity contribution is 7.85. The van der Waals surface area contributed by atoms with Crippen LogP contribution in [-0.2, 0) is 16.5 Å². The molecular formula is C15H14O4S. The second-order valence-electron chi connectivity index (χ2n) is 4.41. The maximum absolute atomic E-state index is 12.0. The first-order valence-corrected chi connectivity index (χ1v) is 7.55. The van der Waals surface area contributed by atoms with E-state index in [1.165, 1.54) is 18.2 Å². The lowest BCUT2D eigenvalue weighted by Gasteiger charge is -2.03. The molecule has 2 aromatic carbocycles. The van der Waals surface area contributed by atoms with Gasteiger partial charge in [0.2, 0.25) is 0 Å². The van der Waals surface area contributed by atoms with Crippen molar-refractivity contribution in [2.24, 2.45) is 0 Å². The van der Waals surface area contributed by atoms with Crippen LogP contribution in [0.3, 0.4) is 0 Å². The highest BCUT2D eigenvalue weighted by Gasteiger charge is 2.13. The molecule has 5 heteroatoms. The summed E-state index contributed by atoms with van der Waals surface area (Å²) < 4.78 is 31.0. The number of aryl methyl sites for hydroxylation is 1. The van der Waals surface area contributed by atoms with Crippen LogP contribution in [0, 0.1) is 0 Å². The fourth-order valence-electron chi connectivity index (χ4n) is 1.88. The van der Waals surface area contributed by atoms with Gasteiger partial charge in [-0.3, -0.25) is 9.35 Å². The largest absolute Gasteiger partial charge is 0.294 e. The Bertz CT molecular complexity index is 706. The van der Waals surface area contributed by atoms with Gasteiger partial charge in [-0.15, -0.1) is 0 Å². The Morgan fingerprint density at radius 3 is 2.35 bits per heavy atom. The normalized spacial score (nSPS) is 11.2. The summed E-state index contributed by atoms with van der Waals surface area (Å²) >= 11 is 0. The molecule has 0 bridgehead atoms. The zero-order valence-corrected chi connectivity index (χ0v) is 11.5. The van der Waals surface area contributed by atoms with Crippen LogP contribution in [0.4, 0.5) is 0 Å². The van der Waals surface area contributed by atoms with Crippen molar-refractivity contribution in [1.29, 1.82) is 0 Å². The van der Waals surface area contributed by atoms with Crippen LogP contribution in [0.1, 0.15) is 22.3 Å². The molecule has 1 N–H and O–H groups in total. The molecule has 0 aromatic heterocycles. The van der Waals surface area contributed by atoms with E-state index in [0.717, 1.165) is 5.56 Å². The maximum atomic E-state index is 12.0. The lowest BCUT2D eigenvalue weighted by atomic mass is 10.0. The number of rotatable bonds is 5. The summed E-state index contributed by atoms with van der Waals surface area (Å²) in [6, 6.07) is 15.0. The van der Waals surface area contributed by atoms with Gasteiger partial charge in [0.05, 0.1) is 4.90 Å². The van der Waals surface area contributed by atoms with Crippen LogP contribution < -0.4 is 0 Å². The van der Waals surface area contributed by atoms with Crippen molar-refractivity contribution in [2.45, 2.75) is 17.7 Å². The highest BCUT2D eigenvalue weighted by atomic mass is 32.2. The van der Waals surface area contributed by atoms with Crippen molar-refractivity contribution in [3.8, 4) is 0 Å². The van der Waals surface area contributed by atoms with Gasteiger partial charge in [-0.1, -0.05) is 42.5 Å². The number of Topliss-reactive ketones (excluding diaryl/α,β-unsaturated/α-hetero) is 1. The summed E-state index contributed by atoms with van der Waals surface area (Å²) in [6.07, 6.45) is 0.884. The Morgan fingerprint density at radius 2 is 1.70 bits per heavy atom. The quantitative estimate of drug-likeness (QED) is 0.679. The molecule has 0 aliphatic rings. The first-order valence-electron chi connectivity index (χ1n) is 6.11. The van der Waals surface area contributed by atoms with Gasteiger partial charge in [-0.05, 0) is 24.1 Å². The molecular weight excluding hydrogens is 276 g/mol. The summed E-state index contributed by atoms with van der Waals surface area (Å²) in [4.78, 5) is 11.8. The molecule has 0 fully saturated rings. The summed E-state index contributed by atoms with van der Waals surface area (Å²) in [5.74, 6) is -0.153. The zero-order chi connectivity index (χ0) is 14.6. The molecule has 0 saturated heterocycles. The molecule has 0 amide bonds. The molecule has 104 valence electrons.